The summed E-state index contributed by atoms with van der Waals surface area (Å²) in [6.07, 6.45) is 6.24. The van der Waals surface area contributed by atoms with Gasteiger partial charge in [0.25, 0.3) is 0 Å². The van der Waals surface area contributed by atoms with E-state index in [4.69, 9.17) is 11.6 Å². The van der Waals surface area contributed by atoms with Gasteiger partial charge in [-0.15, -0.1) is 11.6 Å². The molecule has 2 nitrogen and oxygen atoms in total. The second-order valence-corrected chi connectivity index (χ2v) is 5.42. The summed E-state index contributed by atoms with van der Waals surface area (Å²) in [5.74, 6) is 0.500. The van der Waals surface area contributed by atoms with Crippen LogP contribution in [-0.2, 0) is 0 Å². The molecule has 2 aliphatic rings. The van der Waals surface area contributed by atoms with Crippen LogP contribution in [0.3, 0.4) is 0 Å². The molecular formula is C11H20ClNO. The molecule has 1 saturated heterocycles. The predicted molar refractivity (Wildman–Crippen MR) is 58.7 cm³/mol. The zero-order valence-corrected chi connectivity index (χ0v) is 9.39. The van der Waals surface area contributed by atoms with E-state index in [1.807, 2.05) is 0 Å². The number of piperidine rings is 1. The summed E-state index contributed by atoms with van der Waals surface area (Å²) >= 11 is 6.07. The van der Waals surface area contributed by atoms with Gasteiger partial charge in [0.15, 0.2) is 0 Å². The Morgan fingerprint density at radius 3 is 2.21 bits per heavy atom. The fourth-order valence-corrected chi connectivity index (χ4v) is 3.11. The maximum atomic E-state index is 10.5. The van der Waals surface area contributed by atoms with E-state index >= 15 is 0 Å². The summed E-state index contributed by atoms with van der Waals surface area (Å²) in [5, 5.41) is 14.2. The summed E-state index contributed by atoms with van der Waals surface area (Å²) in [5.41, 5.74) is -0.387. The number of rotatable bonds is 1. The van der Waals surface area contributed by atoms with Crippen LogP contribution >= 0.6 is 11.6 Å². The minimum absolute atomic E-state index is 0.358. The Hall–Kier alpha value is 0.210. The van der Waals surface area contributed by atoms with E-state index in [0.717, 1.165) is 51.6 Å². The molecule has 2 rings (SSSR count). The van der Waals surface area contributed by atoms with Gasteiger partial charge in [0.05, 0.1) is 5.60 Å². The highest BCUT2D eigenvalue weighted by molar-refractivity contribution is 6.20. The highest BCUT2D eigenvalue weighted by Gasteiger charge is 2.39. The molecule has 0 unspecified atom stereocenters. The smallest absolute Gasteiger partial charge is 0.0700 e. The molecule has 0 aromatic rings. The van der Waals surface area contributed by atoms with Crippen molar-refractivity contribution in [2.45, 2.75) is 49.5 Å². The van der Waals surface area contributed by atoms with Crippen LogP contribution in [0.1, 0.15) is 38.5 Å². The number of hydrogen-bond acceptors (Lipinski definition) is 2. The number of halogens is 1. The van der Waals surface area contributed by atoms with Gasteiger partial charge < -0.3 is 10.4 Å². The van der Waals surface area contributed by atoms with E-state index < -0.39 is 0 Å². The molecule has 1 heterocycles. The molecule has 0 atom stereocenters. The van der Waals surface area contributed by atoms with Crippen molar-refractivity contribution in [2.75, 3.05) is 13.1 Å². The molecule has 0 aromatic heterocycles. The van der Waals surface area contributed by atoms with E-state index in [2.05, 4.69) is 5.32 Å². The number of alkyl halides is 1. The lowest BCUT2D eigenvalue weighted by atomic mass is 9.72. The first-order valence-electron chi connectivity index (χ1n) is 5.78. The standard InChI is InChI=1S/C11H20ClNO/c12-10-3-1-9(2-4-10)11(14)5-7-13-8-6-11/h9-10,13-14H,1-8H2. The van der Waals surface area contributed by atoms with Crippen molar-refractivity contribution in [1.82, 2.24) is 5.32 Å². The zero-order valence-electron chi connectivity index (χ0n) is 8.64. The molecule has 0 radical (unpaired) electrons. The Labute approximate surface area is 91.0 Å². The molecule has 1 saturated carbocycles. The van der Waals surface area contributed by atoms with Crippen molar-refractivity contribution in [3.8, 4) is 0 Å². The Balaban J connectivity index is 1.92. The Morgan fingerprint density at radius 1 is 1.07 bits per heavy atom. The first-order chi connectivity index (χ1) is 6.71. The molecule has 0 bridgehead atoms. The molecule has 3 heteroatoms. The van der Waals surface area contributed by atoms with Crippen LogP contribution in [0.15, 0.2) is 0 Å². The van der Waals surface area contributed by atoms with E-state index in [1.54, 1.807) is 0 Å². The minimum atomic E-state index is -0.387. The first-order valence-corrected chi connectivity index (χ1v) is 6.21. The molecule has 0 spiro atoms. The molecule has 2 fully saturated rings. The fourth-order valence-electron chi connectivity index (χ4n) is 2.86. The molecule has 1 aliphatic carbocycles. The topological polar surface area (TPSA) is 32.3 Å². The van der Waals surface area contributed by atoms with Crippen LogP contribution < -0.4 is 5.32 Å². The molecule has 0 aromatic carbocycles. The summed E-state index contributed by atoms with van der Waals surface area (Å²) in [6, 6.07) is 0. The van der Waals surface area contributed by atoms with Crippen LogP contribution in [0, 0.1) is 5.92 Å². The van der Waals surface area contributed by atoms with E-state index in [1.165, 1.54) is 0 Å². The Morgan fingerprint density at radius 2 is 1.64 bits per heavy atom. The molecule has 2 N–H and O–H groups in total. The van der Waals surface area contributed by atoms with Crippen LogP contribution in [0.4, 0.5) is 0 Å². The zero-order chi connectivity index (χ0) is 10.0. The second-order valence-electron chi connectivity index (χ2n) is 4.80. The quantitative estimate of drug-likeness (QED) is 0.658. The lowest BCUT2D eigenvalue weighted by molar-refractivity contribution is -0.0555. The number of nitrogens with one attached hydrogen (secondary N) is 1. The van der Waals surface area contributed by atoms with Gasteiger partial charge in [-0.1, -0.05) is 0 Å². The van der Waals surface area contributed by atoms with Gasteiger partial charge in [-0.2, -0.15) is 0 Å². The predicted octanol–water partition coefficient (Wildman–Crippen LogP) is 1.90. The van der Waals surface area contributed by atoms with Crippen molar-refractivity contribution >= 4 is 11.6 Å². The number of aliphatic hydroxyl groups is 1. The lowest BCUT2D eigenvalue weighted by Gasteiger charge is -2.42. The maximum Gasteiger partial charge on any atom is 0.0700 e. The van der Waals surface area contributed by atoms with Gasteiger partial charge in [-0.05, 0) is 57.5 Å². The van der Waals surface area contributed by atoms with Crippen LogP contribution in [-0.4, -0.2) is 29.2 Å². The van der Waals surface area contributed by atoms with E-state index in [9.17, 15) is 5.11 Å². The van der Waals surface area contributed by atoms with E-state index in [0.29, 0.717) is 11.3 Å². The van der Waals surface area contributed by atoms with Crippen molar-refractivity contribution in [2.24, 2.45) is 5.92 Å². The Bertz CT molecular complexity index is 184. The first kappa shape index (κ1) is 10.7. The van der Waals surface area contributed by atoms with Crippen molar-refractivity contribution in [3.05, 3.63) is 0 Å². The van der Waals surface area contributed by atoms with Crippen LogP contribution in [0.2, 0.25) is 0 Å². The van der Waals surface area contributed by atoms with Crippen molar-refractivity contribution < 1.29 is 5.11 Å². The molecule has 0 amide bonds. The molecular weight excluding hydrogens is 198 g/mol. The summed E-state index contributed by atoms with van der Waals surface area (Å²) < 4.78 is 0. The normalized spacial score (nSPS) is 38.1. The van der Waals surface area contributed by atoms with Crippen molar-refractivity contribution in [1.29, 1.82) is 0 Å². The van der Waals surface area contributed by atoms with Gasteiger partial charge in [0.1, 0.15) is 0 Å². The summed E-state index contributed by atoms with van der Waals surface area (Å²) in [6.45, 7) is 1.94. The molecule has 82 valence electrons. The fraction of sp³-hybridized carbons (Fsp3) is 1.00. The highest BCUT2D eigenvalue weighted by atomic mass is 35.5. The van der Waals surface area contributed by atoms with Gasteiger partial charge >= 0.3 is 0 Å². The summed E-state index contributed by atoms with van der Waals surface area (Å²) in [4.78, 5) is 0. The van der Waals surface area contributed by atoms with Gasteiger partial charge in [-0.3, -0.25) is 0 Å². The maximum absolute atomic E-state index is 10.5. The highest BCUT2D eigenvalue weighted by Crippen LogP contribution is 2.38. The number of hydrogen-bond donors (Lipinski definition) is 2. The minimum Gasteiger partial charge on any atom is -0.390 e. The van der Waals surface area contributed by atoms with E-state index in [-0.39, 0.29) is 5.60 Å². The third-order valence-corrected chi connectivity index (χ3v) is 4.32. The molecule has 1 aliphatic heterocycles. The van der Waals surface area contributed by atoms with Gasteiger partial charge in [0, 0.05) is 5.38 Å². The molecule has 14 heavy (non-hydrogen) atoms. The van der Waals surface area contributed by atoms with Gasteiger partial charge in [-0.25, -0.2) is 0 Å². The second kappa shape index (κ2) is 4.38. The van der Waals surface area contributed by atoms with Gasteiger partial charge in [0.2, 0.25) is 0 Å². The third kappa shape index (κ3) is 2.23. The summed E-state index contributed by atoms with van der Waals surface area (Å²) in [7, 11) is 0. The Kier molecular flexibility index (Phi) is 3.35. The van der Waals surface area contributed by atoms with Crippen molar-refractivity contribution in [3.63, 3.8) is 0 Å². The average molecular weight is 218 g/mol. The average Bonchev–Trinajstić information content (AvgIpc) is 2.19. The lowest BCUT2D eigenvalue weighted by Crippen LogP contribution is -2.48. The largest absolute Gasteiger partial charge is 0.390 e. The SMILES string of the molecule is OC1(C2CCC(Cl)CC2)CCNCC1. The third-order valence-electron chi connectivity index (χ3n) is 3.89. The van der Waals surface area contributed by atoms with Crippen LogP contribution in [0.5, 0.6) is 0 Å². The monoisotopic (exact) mass is 217 g/mol. The van der Waals surface area contributed by atoms with Crippen LogP contribution in [0.25, 0.3) is 0 Å².